The van der Waals surface area contributed by atoms with Gasteiger partial charge in [0.25, 0.3) is 5.56 Å². The Labute approximate surface area is 115 Å². The Hall–Kier alpha value is -2.87. The molecule has 0 fully saturated rings. The Bertz CT molecular complexity index is 815. The molecule has 0 saturated heterocycles. The van der Waals surface area contributed by atoms with Crippen molar-refractivity contribution in [2.75, 3.05) is 11.9 Å². The lowest BCUT2D eigenvalue weighted by Crippen LogP contribution is -2.20. The number of H-pyrrole nitrogens is 1. The Balaban J connectivity index is 2.17. The Morgan fingerprint density at radius 3 is 2.85 bits per heavy atom. The standard InChI is InChI=1S/C15H11N3O2/c1-18-13-3-2-9(6-10(13)7-14(18)19)11-4-5-17-15(20)12(11)8-16/h2-6H,7H2,1H3,(H,17,20). The summed E-state index contributed by atoms with van der Waals surface area (Å²) in [6.07, 6.45) is 1.87. The summed E-state index contributed by atoms with van der Waals surface area (Å²) in [6, 6.07) is 9.16. The second-order valence-electron chi connectivity index (χ2n) is 4.68. The van der Waals surface area contributed by atoms with Gasteiger partial charge in [0, 0.05) is 24.5 Å². The molecule has 20 heavy (non-hydrogen) atoms. The number of amides is 1. The van der Waals surface area contributed by atoms with Crippen molar-refractivity contribution in [1.82, 2.24) is 4.98 Å². The van der Waals surface area contributed by atoms with Gasteiger partial charge in [-0.05, 0) is 29.3 Å². The molecule has 1 N–H and O–H groups in total. The normalized spacial score (nSPS) is 13.2. The molecular formula is C15H11N3O2. The van der Waals surface area contributed by atoms with Crippen molar-refractivity contribution in [1.29, 1.82) is 5.26 Å². The number of carbonyl (C=O) groups is 1. The number of nitrogens with zero attached hydrogens (tertiary/aromatic N) is 2. The number of anilines is 1. The molecular weight excluding hydrogens is 254 g/mol. The van der Waals surface area contributed by atoms with Crippen LogP contribution in [-0.2, 0) is 11.2 Å². The summed E-state index contributed by atoms with van der Waals surface area (Å²) < 4.78 is 0. The Morgan fingerprint density at radius 2 is 2.10 bits per heavy atom. The van der Waals surface area contributed by atoms with Crippen LogP contribution in [0.5, 0.6) is 0 Å². The summed E-state index contributed by atoms with van der Waals surface area (Å²) >= 11 is 0. The van der Waals surface area contributed by atoms with Crippen LogP contribution < -0.4 is 10.5 Å². The van der Waals surface area contributed by atoms with Crippen LogP contribution in [0, 0.1) is 11.3 Å². The summed E-state index contributed by atoms with van der Waals surface area (Å²) in [5.74, 6) is 0.0450. The van der Waals surface area contributed by atoms with E-state index < -0.39 is 5.56 Å². The number of fused-ring (bicyclic) bond motifs is 1. The fourth-order valence-electron chi connectivity index (χ4n) is 2.47. The van der Waals surface area contributed by atoms with E-state index in [1.54, 1.807) is 18.0 Å². The van der Waals surface area contributed by atoms with Gasteiger partial charge in [-0.3, -0.25) is 9.59 Å². The van der Waals surface area contributed by atoms with Gasteiger partial charge in [0.05, 0.1) is 6.42 Å². The van der Waals surface area contributed by atoms with Crippen molar-refractivity contribution in [2.24, 2.45) is 0 Å². The van der Waals surface area contributed by atoms with E-state index >= 15 is 0 Å². The van der Waals surface area contributed by atoms with Gasteiger partial charge in [0.15, 0.2) is 0 Å². The molecule has 0 spiro atoms. The Morgan fingerprint density at radius 1 is 1.30 bits per heavy atom. The number of nitrogens with one attached hydrogen (secondary N) is 1. The summed E-state index contributed by atoms with van der Waals surface area (Å²) in [6.45, 7) is 0. The van der Waals surface area contributed by atoms with Crippen LogP contribution in [0.15, 0.2) is 35.3 Å². The van der Waals surface area contributed by atoms with Crippen LogP contribution in [0.4, 0.5) is 5.69 Å². The number of pyridine rings is 1. The van der Waals surface area contributed by atoms with Crippen LogP contribution in [0.25, 0.3) is 11.1 Å². The summed E-state index contributed by atoms with van der Waals surface area (Å²) in [7, 11) is 1.74. The molecule has 0 bridgehead atoms. The SMILES string of the molecule is CN1C(=O)Cc2cc(-c3cc[nH]c(=O)c3C#N)ccc21. The van der Waals surface area contributed by atoms with E-state index in [1.165, 1.54) is 6.20 Å². The van der Waals surface area contributed by atoms with Gasteiger partial charge in [-0.25, -0.2) is 0 Å². The summed E-state index contributed by atoms with van der Waals surface area (Å²) in [5.41, 5.74) is 2.83. The largest absolute Gasteiger partial charge is 0.328 e. The average Bonchev–Trinajstić information content (AvgIpc) is 2.73. The van der Waals surface area contributed by atoms with Crippen molar-refractivity contribution < 1.29 is 4.79 Å². The number of hydrogen-bond acceptors (Lipinski definition) is 3. The highest BCUT2D eigenvalue weighted by Gasteiger charge is 2.24. The van der Waals surface area contributed by atoms with E-state index in [-0.39, 0.29) is 11.5 Å². The molecule has 0 aliphatic carbocycles. The second-order valence-corrected chi connectivity index (χ2v) is 4.68. The van der Waals surface area contributed by atoms with Gasteiger partial charge in [-0.1, -0.05) is 6.07 Å². The van der Waals surface area contributed by atoms with Crippen LogP contribution in [0.2, 0.25) is 0 Å². The number of likely N-dealkylation sites (N-methyl/N-ethyl adjacent to an activating group) is 1. The van der Waals surface area contributed by atoms with Gasteiger partial charge in [0.1, 0.15) is 11.6 Å². The summed E-state index contributed by atoms with van der Waals surface area (Å²) in [4.78, 5) is 27.4. The van der Waals surface area contributed by atoms with Crippen LogP contribution in [0.1, 0.15) is 11.1 Å². The summed E-state index contributed by atoms with van der Waals surface area (Å²) in [5, 5.41) is 9.11. The second kappa shape index (κ2) is 4.35. The molecule has 2 aromatic rings. The monoisotopic (exact) mass is 265 g/mol. The van der Waals surface area contributed by atoms with E-state index in [2.05, 4.69) is 4.98 Å². The first-order chi connectivity index (χ1) is 9.61. The molecule has 5 nitrogen and oxygen atoms in total. The van der Waals surface area contributed by atoms with Gasteiger partial charge in [0.2, 0.25) is 5.91 Å². The third kappa shape index (κ3) is 1.70. The maximum atomic E-state index is 11.7. The topological polar surface area (TPSA) is 77.0 Å². The highest BCUT2D eigenvalue weighted by atomic mass is 16.2. The lowest BCUT2D eigenvalue weighted by atomic mass is 9.99. The molecule has 1 aromatic heterocycles. The van der Waals surface area contributed by atoms with Crippen molar-refractivity contribution in [2.45, 2.75) is 6.42 Å². The molecule has 3 rings (SSSR count). The van der Waals surface area contributed by atoms with Crippen LogP contribution >= 0.6 is 0 Å². The quantitative estimate of drug-likeness (QED) is 0.847. The first-order valence-electron chi connectivity index (χ1n) is 6.13. The van der Waals surface area contributed by atoms with E-state index in [0.717, 1.165) is 16.8 Å². The molecule has 5 heteroatoms. The highest BCUT2D eigenvalue weighted by molar-refractivity contribution is 6.01. The zero-order valence-corrected chi connectivity index (χ0v) is 10.8. The first kappa shape index (κ1) is 12.2. The number of aromatic nitrogens is 1. The third-order valence-corrected chi connectivity index (χ3v) is 3.54. The minimum Gasteiger partial charge on any atom is -0.328 e. The zero-order valence-electron chi connectivity index (χ0n) is 10.8. The number of carbonyl (C=O) groups excluding carboxylic acids is 1. The van der Waals surface area contributed by atoms with E-state index in [1.807, 2.05) is 24.3 Å². The molecule has 0 atom stereocenters. The maximum Gasteiger partial charge on any atom is 0.266 e. The smallest absolute Gasteiger partial charge is 0.266 e. The minimum atomic E-state index is -0.404. The predicted octanol–water partition coefficient (Wildman–Crippen LogP) is 1.43. The zero-order chi connectivity index (χ0) is 14.3. The Kier molecular flexibility index (Phi) is 2.65. The minimum absolute atomic E-state index is 0.0450. The van der Waals surface area contributed by atoms with Crippen molar-refractivity contribution >= 4 is 11.6 Å². The van der Waals surface area contributed by atoms with Crippen LogP contribution in [0.3, 0.4) is 0 Å². The first-order valence-corrected chi connectivity index (χ1v) is 6.13. The lowest BCUT2D eigenvalue weighted by Gasteiger charge is -2.11. The maximum absolute atomic E-state index is 11.7. The van der Waals surface area contributed by atoms with Crippen LogP contribution in [-0.4, -0.2) is 17.9 Å². The number of benzene rings is 1. The molecule has 1 aliphatic heterocycles. The molecule has 98 valence electrons. The van der Waals surface area contributed by atoms with E-state index in [0.29, 0.717) is 12.0 Å². The fourth-order valence-corrected chi connectivity index (χ4v) is 2.47. The number of aromatic amines is 1. The molecule has 0 radical (unpaired) electrons. The number of nitriles is 1. The highest BCUT2D eigenvalue weighted by Crippen LogP contribution is 2.32. The molecule has 1 aliphatic rings. The van der Waals surface area contributed by atoms with Gasteiger partial charge in [-0.15, -0.1) is 0 Å². The fraction of sp³-hybridized carbons (Fsp3) is 0.133. The van der Waals surface area contributed by atoms with Gasteiger partial charge < -0.3 is 9.88 Å². The molecule has 2 heterocycles. The molecule has 0 saturated carbocycles. The number of rotatable bonds is 1. The lowest BCUT2D eigenvalue weighted by molar-refractivity contribution is -0.117. The van der Waals surface area contributed by atoms with Crippen molar-refractivity contribution in [3.8, 4) is 17.2 Å². The molecule has 0 unspecified atom stereocenters. The molecule has 1 aromatic carbocycles. The third-order valence-electron chi connectivity index (χ3n) is 3.54. The van der Waals surface area contributed by atoms with E-state index in [9.17, 15) is 9.59 Å². The molecule has 1 amide bonds. The average molecular weight is 265 g/mol. The van der Waals surface area contributed by atoms with Crippen molar-refractivity contribution in [3.63, 3.8) is 0 Å². The predicted molar refractivity (Wildman–Crippen MR) is 74.3 cm³/mol. The number of hydrogen-bond donors (Lipinski definition) is 1. The van der Waals surface area contributed by atoms with E-state index in [4.69, 9.17) is 5.26 Å². The van der Waals surface area contributed by atoms with Gasteiger partial charge in [-0.2, -0.15) is 5.26 Å². The van der Waals surface area contributed by atoms with Crippen molar-refractivity contribution in [3.05, 3.63) is 51.9 Å². The van der Waals surface area contributed by atoms with Gasteiger partial charge >= 0.3 is 0 Å².